The standard InChI is InChI=1S/C18H24N2O2.ClH/c1-12-4-5-16-14(11-22-18(16)13(12)2)10-17(21)20-8-6-15(19-3)7-9-20;/h4-5,11,15,19H,6-10H2,1-3H3;1H. The second-order valence-corrected chi connectivity index (χ2v) is 6.27. The van der Waals surface area contributed by atoms with Gasteiger partial charge in [0.2, 0.25) is 5.91 Å². The molecule has 23 heavy (non-hydrogen) atoms. The first kappa shape index (κ1) is 17.8. The number of halogens is 1. The number of carbonyl (C=O) groups is 1. The van der Waals surface area contributed by atoms with E-state index >= 15 is 0 Å². The molecule has 1 fully saturated rings. The van der Waals surface area contributed by atoms with Crippen molar-refractivity contribution >= 4 is 29.3 Å². The molecule has 0 aliphatic carbocycles. The fourth-order valence-corrected chi connectivity index (χ4v) is 3.22. The SMILES string of the molecule is CNC1CCN(C(=O)Cc2coc3c(C)c(C)ccc23)CC1.Cl. The molecule has 1 N–H and O–H groups in total. The topological polar surface area (TPSA) is 45.5 Å². The Hall–Kier alpha value is -1.52. The molecule has 1 aromatic heterocycles. The summed E-state index contributed by atoms with van der Waals surface area (Å²) in [5.74, 6) is 0.204. The second kappa shape index (κ2) is 7.37. The maximum absolute atomic E-state index is 12.5. The molecule has 1 amide bonds. The third-order valence-electron chi connectivity index (χ3n) is 4.94. The fourth-order valence-electron chi connectivity index (χ4n) is 3.22. The predicted octanol–water partition coefficient (Wildman–Crippen LogP) is 3.22. The Balaban J connectivity index is 0.00000192. The first-order chi connectivity index (χ1) is 10.6. The summed E-state index contributed by atoms with van der Waals surface area (Å²) in [5, 5.41) is 4.36. The van der Waals surface area contributed by atoms with Gasteiger partial charge < -0.3 is 14.6 Å². The average Bonchev–Trinajstić information content (AvgIpc) is 2.94. The Morgan fingerprint density at radius 3 is 2.65 bits per heavy atom. The van der Waals surface area contributed by atoms with Gasteiger partial charge >= 0.3 is 0 Å². The second-order valence-electron chi connectivity index (χ2n) is 6.27. The summed E-state index contributed by atoms with van der Waals surface area (Å²) in [6.07, 6.45) is 4.24. The van der Waals surface area contributed by atoms with Crippen molar-refractivity contribution < 1.29 is 9.21 Å². The van der Waals surface area contributed by atoms with Gasteiger partial charge in [-0.25, -0.2) is 0 Å². The van der Waals surface area contributed by atoms with Gasteiger partial charge in [0.15, 0.2) is 0 Å². The lowest BCUT2D eigenvalue weighted by molar-refractivity contribution is -0.131. The number of furan rings is 1. The van der Waals surface area contributed by atoms with Crippen LogP contribution in [-0.4, -0.2) is 37.0 Å². The molecule has 1 aromatic carbocycles. The van der Waals surface area contributed by atoms with Gasteiger partial charge in [0.25, 0.3) is 0 Å². The van der Waals surface area contributed by atoms with Crippen molar-refractivity contribution in [2.24, 2.45) is 0 Å². The van der Waals surface area contributed by atoms with E-state index < -0.39 is 0 Å². The van der Waals surface area contributed by atoms with E-state index in [1.165, 1.54) is 5.56 Å². The first-order valence-electron chi connectivity index (χ1n) is 8.01. The summed E-state index contributed by atoms with van der Waals surface area (Å²) < 4.78 is 5.70. The summed E-state index contributed by atoms with van der Waals surface area (Å²) in [6, 6.07) is 4.71. The molecule has 0 unspecified atom stereocenters. The minimum atomic E-state index is 0. The minimum absolute atomic E-state index is 0. The Kier molecular flexibility index (Phi) is 5.71. The molecule has 0 spiro atoms. The number of piperidine rings is 1. The van der Waals surface area contributed by atoms with Crippen LogP contribution in [0.3, 0.4) is 0 Å². The minimum Gasteiger partial charge on any atom is -0.464 e. The molecule has 2 aromatic rings. The molecule has 1 saturated heterocycles. The van der Waals surface area contributed by atoms with Gasteiger partial charge in [-0.2, -0.15) is 0 Å². The molecule has 0 radical (unpaired) electrons. The van der Waals surface area contributed by atoms with E-state index in [2.05, 4.69) is 31.3 Å². The van der Waals surface area contributed by atoms with Gasteiger partial charge in [0.05, 0.1) is 12.7 Å². The number of rotatable bonds is 3. The van der Waals surface area contributed by atoms with Crippen molar-refractivity contribution in [3.8, 4) is 0 Å². The molecular weight excluding hydrogens is 312 g/mol. The number of benzene rings is 1. The lowest BCUT2D eigenvalue weighted by Gasteiger charge is -2.31. The monoisotopic (exact) mass is 336 g/mol. The molecule has 2 heterocycles. The van der Waals surface area contributed by atoms with Crippen LogP contribution < -0.4 is 5.32 Å². The van der Waals surface area contributed by atoms with Crippen molar-refractivity contribution in [1.29, 1.82) is 0 Å². The molecular formula is C18H25ClN2O2. The van der Waals surface area contributed by atoms with Gasteiger partial charge in [0.1, 0.15) is 5.58 Å². The summed E-state index contributed by atoms with van der Waals surface area (Å²) in [7, 11) is 1.99. The molecule has 1 aliphatic heterocycles. The highest BCUT2D eigenvalue weighted by Crippen LogP contribution is 2.27. The molecule has 126 valence electrons. The van der Waals surface area contributed by atoms with Gasteiger partial charge in [0, 0.05) is 30.1 Å². The zero-order valence-electron chi connectivity index (χ0n) is 14.0. The number of nitrogens with one attached hydrogen (secondary N) is 1. The van der Waals surface area contributed by atoms with E-state index in [1.54, 1.807) is 6.26 Å². The van der Waals surface area contributed by atoms with E-state index in [4.69, 9.17) is 4.42 Å². The van der Waals surface area contributed by atoms with Crippen molar-refractivity contribution in [2.45, 2.75) is 39.2 Å². The number of nitrogens with zero attached hydrogens (tertiary/aromatic N) is 1. The summed E-state index contributed by atoms with van der Waals surface area (Å²) in [4.78, 5) is 14.5. The predicted molar refractivity (Wildman–Crippen MR) is 95.3 cm³/mol. The van der Waals surface area contributed by atoms with Crippen LogP contribution in [0.5, 0.6) is 0 Å². The van der Waals surface area contributed by atoms with Crippen LogP contribution in [0.25, 0.3) is 11.0 Å². The van der Waals surface area contributed by atoms with E-state index in [-0.39, 0.29) is 18.3 Å². The molecule has 3 rings (SSSR count). The summed E-state index contributed by atoms with van der Waals surface area (Å²) in [5.41, 5.74) is 4.29. The van der Waals surface area contributed by atoms with E-state index in [0.717, 1.165) is 48.0 Å². The molecule has 5 heteroatoms. The Morgan fingerprint density at radius 1 is 1.30 bits per heavy atom. The number of fused-ring (bicyclic) bond motifs is 1. The normalized spacial score (nSPS) is 15.7. The highest BCUT2D eigenvalue weighted by Gasteiger charge is 2.23. The van der Waals surface area contributed by atoms with Crippen molar-refractivity contribution in [1.82, 2.24) is 10.2 Å². The zero-order chi connectivity index (χ0) is 15.7. The van der Waals surface area contributed by atoms with E-state index in [1.807, 2.05) is 11.9 Å². The first-order valence-corrected chi connectivity index (χ1v) is 8.01. The van der Waals surface area contributed by atoms with Gasteiger partial charge in [-0.05, 0) is 44.9 Å². The maximum Gasteiger partial charge on any atom is 0.227 e. The van der Waals surface area contributed by atoms with Crippen LogP contribution >= 0.6 is 12.4 Å². The van der Waals surface area contributed by atoms with E-state index in [9.17, 15) is 4.79 Å². The Morgan fingerprint density at radius 2 is 2.00 bits per heavy atom. The zero-order valence-corrected chi connectivity index (χ0v) is 14.8. The molecule has 0 atom stereocenters. The van der Waals surface area contributed by atoms with Gasteiger partial charge in [-0.1, -0.05) is 12.1 Å². The lowest BCUT2D eigenvalue weighted by Crippen LogP contribution is -2.44. The van der Waals surface area contributed by atoms with Crippen LogP contribution in [0.4, 0.5) is 0 Å². The molecule has 1 aliphatic rings. The van der Waals surface area contributed by atoms with Crippen molar-refractivity contribution in [3.63, 3.8) is 0 Å². The smallest absolute Gasteiger partial charge is 0.227 e. The van der Waals surface area contributed by atoms with Crippen molar-refractivity contribution in [2.75, 3.05) is 20.1 Å². The van der Waals surface area contributed by atoms with Crippen LogP contribution in [-0.2, 0) is 11.2 Å². The molecule has 0 saturated carbocycles. The number of aryl methyl sites for hydroxylation is 2. The summed E-state index contributed by atoms with van der Waals surface area (Å²) >= 11 is 0. The quantitative estimate of drug-likeness (QED) is 0.936. The number of likely N-dealkylation sites (tertiary alicyclic amines) is 1. The number of carbonyl (C=O) groups excluding carboxylic acids is 1. The third kappa shape index (κ3) is 3.54. The van der Waals surface area contributed by atoms with Crippen LogP contribution in [0.15, 0.2) is 22.8 Å². The van der Waals surface area contributed by atoms with E-state index in [0.29, 0.717) is 12.5 Å². The molecule has 4 nitrogen and oxygen atoms in total. The van der Waals surface area contributed by atoms with Crippen molar-refractivity contribution in [3.05, 3.63) is 35.1 Å². The average molecular weight is 337 g/mol. The van der Waals surface area contributed by atoms with Crippen LogP contribution in [0.1, 0.15) is 29.5 Å². The number of hydrogen-bond acceptors (Lipinski definition) is 3. The Labute approximate surface area is 143 Å². The number of amides is 1. The fraction of sp³-hybridized carbons (Fsp3) is 0.500. The maximum atomic E-state index is 12.5. The number of hydrogen-bond donors (Lipinski definition) is 1. The highest BCUT2D eigenvalue weighted by atomic mass is 35.5. The lowest BCUT2D eigenvalue weighted by atomic mass is 10.0. The summed E-state index contributed by atoms with van der Waals surface area (Å²) in [6.45, 7) is 5.83. The van der Waals surface area contributed by atoms with Crippen LogP contribution in [0.2, 0.25) is 0 Å². The van der Waals surface area contributed by atoms with Gasteiger partial charge in [-0.15, -0.1) is 12.4 Å². The third-order valence-corrected chi connectivity index (χ3v) is 4.94. The van der Waals surface area contributed by atoms with Crippen LogP contribution in [0, 0.1) is 13.8 Å². The highest BCUT2D eigenvalue weighted by molar-refractivity contribution is 5.89. The largest absolute Gasteiger partial charge is 0.464 e. The Bertz CT molecular complexity index is 688. The molecule has 0 bridgehead atoms. The van der Waals surface area contributed by atoms with Gasteiger partial charge in [-0.3, -0.25) is 4.79 Å².